The summed E-state index contributed by atoms with van der Waals surface area (Å²) < 4.78 is 11.2. The maximum absolute atomic E-state index is 5.84. The fourth-order valence-corrected chi connectivity index (χ4v) is 2.09. The fraction of sp³-hybridized carbons (Fsp3) is 0.176. The van der Waals surface area contributed by atoms with Gasteiger partial charge in [0.1, 0.15) is 6.61 Å². The molecule has 1 heterocycles. The summed E-state index contributed by atoms with van der Waals surface area (Å²) in [7, 11) is 0. The maximum atomic E-state index is 5.84. The number of hydrogen-bond donors (Lipinski definition) is 0. The minimum atomic E-state index is 0.279. The highest BCUT2D eigenvalue weighted by Gasteiger charge is 2.08. The van der Waals surface area contributed by atoms with Crippen LogP contribution in [0.2, 0.25) is 5.02 Å². The topological polar surface area (TPSA) is 48.2 Å². The number of benzene rings is 2. The third kappa shape index (κ3) is 3.72. The summed E-state index contributed by atoms with van der Waals surface area (Å²) >= 11 is 5.84. The van der Waals surface area contributed by atoms with Crippen LogP contribution in [0, 0.1) is 6.92 Å². The zero-order valence-electron chi connectivity index (χ0n) is 12.1. The van der Waals surface area contributed by atoms with Gasteiger partial charge in [-0.2, -0.15) is 0 Å². The van der Waals surface area contributed by atoms with Gasteiger partial charge in [0.15, 0.2) is 0 Å². The molecule has 0 spiro atoms. The first-order valence-electron chi connectivity index (χ1n) is 6.92. The maximum Gasteiger partial charge on any atom is 0.247 e. The molecule has 0 aliphatic rings. The van der Waals surface area contributed by atoms with Crippen LogP contribution in [-0.4, -0.2) is 10.2 Å². The van der Waals surface area contributed by atoms with Crippen LogP contribution in [0.15, 0.2) is 52.9 Å². The average Bonchev–Trinajstić information content (AvgIpc) is 2.99. The molecular weight excluding hydrogens is 300 g/mol. The summed E-state index contributed by atoms with van der Waals surface area (Å²) in [5.74, 6) is 0.967. The van der Waals surface area contributed by atoms with Crippen LogP contribution in [-0.2, 0) is 18.0 Å². The average molecular weight is 315 g/mol. The van der Waals surface area contributed by atoms with Crippen molar-refractivity contribution in [2.24, 2.45) is 0 Å². The van der Waals surface area contributed by atoms with Gasteiger partial charge in [-0.3, -0.25) is 0 Å². The van der Waals surface area contributed by atoms with Gasteiger partial charge in [0.2, 0.25) is 11.8 Å². The summed E-state index contributed by atoms with van der Waals surface area (Å²) in [6.45, 7) is 2.79. The summed E-state index contributed by atoms with van der Waals surface area (Å²) in [6.07, 6.45) is 0. The van der Waals surface area contributed by atoms with Gasteiger partial charge in [-0.1, -0.05) is 41.4 Å². The Morgan fingerprint density at radius 2 is 1.68 bits per heavy atom. The van der Waals surface area contributed by atoms with Crippen LogP contribution in [0.25, 0.3) is 11.5 Å². The monoisotopic (exact) mass is 314 g/mol. The Morgan fingerprint density at radius 1 is 0.955 bits per heavy atom. The Morgan fingerprint density at radius 3 is 2.41 bits per heavy atom. The second-order valence-corrected chi connectivity index (χ2v) is 5.42. The number of rotatable bonds is 5. The summed E-state index contributed by atoms with van der Waals surface area (Å²) in [5, 5.41) is 8.75. The number of ether oxygens (including phenoxy) is 1. The van der Waals surface area contributed by atoms with Gasteiger partial charge >= 0.3 is 0 Å². The molecule has 3 aromatic rings. The number of aromatic nitrogens is 2. The SMILES string of the molecule is Cc1ccc(-c2nnc(COCc3ccc(Cl)cc3)o2)cc1. The van der Waals surface area contributed by atoms with E-state index >= 15 is 0 Å². The largest absolute Gasteiger partial charge is 0.418 e. The van der Waals surface area contributed by atoms with Crippen LogP contribution in [0.5, 0.6) is 0 Å². The molecule has 112 valence electrons. The zero-order chi connectivity index (χ0) is 15.4. The lowest BCUT2D eigenvalue weighted by atomic mass is 10.1. The van der Waals surface area contributed by atoms with E-state index in [9.17, 15) is 0 Å². The van der Waals surface area contributed by atoms with E-state index in [2.05, 4.69) is 10.2 Å². The summed E-state index contributed by atoms with van der Waals surface area (Å²) in [5.41, 5.74) is 3.14. The Kier molecular flexibility index (Phi) is 4.51. The molecule has 0 atom stereocenters. The van der Waals surface area contributed by atoms with E-state index in [1.165, 1.54) is 5.56 Å². The molecule has 0 saturated heterocycles. The third-order valence-electron chi connectivity index (χ3n) is 3.17. The molecule has 0 fully saturated rings. The lowest BCUT2D eigenvalue weighted by Gasteiger charge is -2.01. The Labute approximate surface area is 133 Å². The number of hydrogen-bond acceptors (Lipinski definition) is 4. The third-order valence-corrected chi connectivity index (χ3v) is 3.42. The van der Waals surface area contributed by atoms with Crippen LogP contribution >= 0.6 is 11.6 Å². The van der Waals surface area contributed by atoms with Crippen molar-refractivity contribution in [1.82, 2.24) is 10.2 Å². The van der Waals surface area contributed by atoms with Crippen LogP contribution in [0.4, 0.5) is 0 Å². The molecule has 0 aliphatic carbocycles. The quantitative estimate of drug-likeness (QED) is 0.699. The highest BCUT2D eigenvalue weighted by atomic mass is 35.5. The molecule has 0 saturated carbocycles. The number of nitrogens with zero attached hydrogens (tertiary/aromatic N) is 2. The van der Waals surface area contributed by atoms with Gasteiger partial charge < -0.3 is 9.15 Å². The molecule has 0 unspecified atom stereocenters. The second kappa shape index (κ2) is 6.73. The van der Waals surface area contributed by atoms with Gasteiger partial charge in [0.25, 0.3) is 0 Å². The molecule has 0 bridgehead atoms. The van der Waals surface area contributed by atoms with Crippen LogP contribution in [0.3, 0.4) is 0 Å². The molecule has 2 aromatic carbocycles. The minimum Gasteiger partial charge on any atom is -0.418 e. The van der Waals surface area contributed by atoms with Gasteiger partial charge in [0.05, 0.1) is 6.61 Å². The van der Waals surface area contributed by atoms with E-state index in [1.807, 2.05) is 55.5 Å². The lowest BCUT2D eigenvalue weighted by molar-refractivity contribution is 0.0898. The van der Waals surface area contributed by atoms with Gasteiger partial charge in [-0.15, -0.1) is 10.2 Å². The van der Waals surface area contributed by atoms with Crippen molar-refractivity contribution in [1.29, 1.82) is 0 Å². The molecule has 0 radical (unpaired) electrons. The van der Waals surface area contributed by atoms with Gasteiger partial charge in [-0.05, 0) is 36.8 Å². The molecule has 3 rings (SSSR count). The molecular formula is C17H15ClN2O2. The summed E-state index contributed by atoms with van der Waals surface area (Å²) in [6, 6.07) is 15.5. The van der Waals surface area contributed by atoms with E-state index < -0.39 is 0 Å². The highest BCUT2D eigenvalue weighted by Crippen LogP contribution is 2.18. The first kappa shape index (κ1) is 14.8. The normalized spacial score (nSPS) is 10.8. The molecule has 22 heavy (non-hydrogen) atoms. The van der Waals surface area contributed by atoms with Crippen molar-refractivity contribution in [3.8, 4) is 11.5 Å². The van der Waals surface area contributed by atoms with E-state index in [0.29, 0.717) is 23.4 Å². The molecule has 0 amide bonds. The van der Waals surface area contributed by atoms with Crippen LogP contribution < -0.4 is 0 Å². The highest BCUT2D eigenvalue weighted by molar-refractivity contribution is 6.30. The van der Waals surface area contributed by atoms with Crippen molar-refractivity contribution in [3.05, 3.63) is 70.6 Å². The zero-order valence-corrected chi connectivity index (χ0v) is 12.9. The molecule has 5 heteroatoms. The second-order valence-electron chi connectivity index (χ2n) is 4.99. The smallest absolute Gasteiger partial charge is 0.247 e. The molecule has 0 aliphatic heterocycles. The minimum absolute atomic E-state index is 0.279. The fourth-order valence-electron chi connectivity index (χ4n) is 1.96. The standard InChI is InChI=1S/C17H15ClN2O2/c1-12-2-6-14(7-3-12)17-20-19-16(22-17)11-21-10-13-4-8-15(18)9-5-13/h2-9H,10-11H2,1H3. The Bertz CT molecular complexity index is 736. The first-order valence-corrected chi connectivity index (χ1v) is 7.30. The predicted octanol–water partition coefficient (Wildman–Crippen LogP) is 4.42. The summed E-state index contributed by atoms with van der Waals surface area (Å²) in [4.78, 5) is 0. The first-order chi connectivity index (χ1) is 10.7. The number of halogens is 1. The van der Waals surface area contributed by atoms with Crippen molar-refractivity contribution >= 4 is 11.6 Å². The molecule has 1 aromatic heterocycles. The number of aryl methyl sites for hydroxylation is 1. The van der Waals surface area contributed by atoms with Crippen molar-refractivity contribution in [2.45, 2.75) is 20.1 Å². The van der Waals surface area contributed by atoms with Crippen LogP contribution in [0.1, 0.15) is 17.0 Å². The van der Waals surface area contributed by atoms with E-state index in [0.717, 1.165) is 11.1 Å². The van der Waals surface area contributed by atoms with E-state index in [4.69, 9.17) is 20.8 Å². The van der Waals surface area contributed by atoms with E-state index in [1.54, 1.807) is 0 Å². The predicted molar refractivity (Wildman–Crippen MR) is 84.4 cm³/mol. The van der Waals surface area contributed by atoms with Gasteiger partial charge in [-0.25, -0.2) is 0 Å². The van der Waals surface area contributed by atoms with E-state index in [-0.39, 0.29) is 6.61 Å². The Balaban J connectivity index is 1.57. The molecule has 4 nitrogen and oxygen atoms in total. The molecule has 0 N–H and O–H groups in total. The van der Waals surface area contributed by atoms with Gasteiger partial charge in [0, 0.05) is 10.6 Å². The van der Waals surface area contributed by atoms with Crippen molar-refractivity contribution < 1.29 is 9.15 Å². The van der Waals surface area contributed by atoms with Crippen molar-refractivity contribution in [3.63, 3.8) is 0 Å². The van der Waals surface area contributed by atoms with Crippen molar-refractivity contribution in [2.75, 3.05) is 0 Å². The lowest BCUT2D eigenvalue weighted by Crippen LogP contribution is -1.94. The Hall–Kier alpha value is -2.17.